The molecule has 0 aliphatic heterocycles. The molecule has 170 valence electrons. The Bertz CT molecular complexity index is 384. The van der Waals surface area contributed by atoms with Gasteiger partial charge < -0.3 is 9.90 Å². The summed E-state index contributed by atoms with van der Waals surface area (Å²) < 4.78 is 0. The summed E-state index contributed by atoms with van der Waals surface area (Å²) in [5.41, 5.74) is 0. The molecule has 0 aliphatic rings. The van der Waals surface area contributed by atoms with Gasteiger partial charge in [0, 0.05) is 6.54 Å². The van der Waals surface area contributed by atoms with Crippen LogP contribution >= 0.6 is 0 Å². The van der Waals surface area contributed by atoms with E-state index in [0.717, 1.165) is 38.8 Å². The molecule has 3 nitrogen and oxygen atoms in total. The Kier molecular flexibility index (Phi) is 24.5. The zero-order valence-electron chi connectivity index (χ0n) is 20.5. The second kappa shape index (κ2) is 23.2. The Balaban J connectivity index is 0. The number of carbonyl (C=O) groups is 1. The quantitative estimate of drug-likeness (QED) is 0.156. The number of aliphatic carboxylic acids is 1. The van der Waals surface area contributed by atoms with Crippen molar-refractivity contribution in [3.05, 3.63) is 25.3 Å². The Hall–Kier alpha value is -0.493. The van der Waals surface area contributed by atoms with Gasteiger partial charge >= 0.3 is 18.9 Å². The molecule has 0 aromatic rings. The van der Waals surface area contributed by atoms with Crippen LogP contribution in [-0.4, -0.2) is 30.5 Å². The molecule has 0 saturated carbocycles. The molecule has 0 radical (unpaired) electrons. The van der Waals surface area contributed by atoms with Crippen molar-refractivity contribution in [2.75, 3.05) is 19.6 Å². The van der Waals surface area contributed by atoms with Gasteiger partial charge in [-0.1, -0.05) is 77.4 Å². The molecule has 0 fully saturated rings. The number of carboxylic acids is 1. The fourth-order valence-corrected chi connectivity index (χ4v) is 3.82. The Labute approximate surface area is 199 Å². The van der Waals surface area contributed by atoms with E-state index in [9.17, 15) is 9.90 Å². The van der Waals surface area contributed by atoms with Crippen LogP contribution in [0.25, 0.3) is 0 Å². The van der Waals surface area contributed by atoms with Crippen LogP contribution in [0.5, 0.6) is 0 Å². The van der Waals surface area contributed by atoms with Gasteiger partial charge in [0.2, 0.25) is 0 Å². The molecular formula is C26H48LiNO2. The third-order valence-electron chi connectivity index (χ3n) is 5.94. The third kappa shape index (κ3) is 22.2. The van der Waals surface area contributed by atoms with Crippen LogP contribution in [0, 0.1) is 11.8 Å². The van der Waals surface area contributed by atoms with Gasteiger partial charge in [0.25, 0.3) is 0 Å². The first-order chi connectivity index (χ1) is 14.0. The van der Waals surface area contributed by atoms with Gasteiger partial charge in [-0.3, -0.25) is 4.90 Å². The minimum Gasteiger partial charge on any atom is -0.549 e. The number of carbonyl (C=O) groups excluding carboxylic acids is 1. The van der Waals surface area contributed by atoms with Gasteiger partial charge in [-0.05, 0) is 63.5 Å². The maximum Gasteiger partial charge on any atom is 1.00 e. The molecule has 4 heteroatoms. The average Bonchev–Trinajstić information content (AvgIpc) is 2.69. The van der Waals surface area contributed by atoms with E-state index < -0.39 is 5.97 Å². The van der Waals surface area contributed by atoms with Gasteiger partial charge in [0.15, 0.2) is 0 Å². The maximum absolute atomic E-state index is 11.1. The molecule has 30 heavy (non-hydrogen) atoms. The fourth-order valence-electron chi connectivity index (χ4n) is 3.82. The van der Waals surface area contributed by atoms with Gasteiger partial charge in [0.1, 0.15) is 0 Å². The molecule has 0 bridgehead atoms. The van der Waals surface area contributed by atoms with Crippen LogP contribution in [0.2, 0.25) is 0 Å². The zero-order chi connectivity index (χ0) is 21.7. The minimum atomic E-state index is -0.949. The van der Waals surface area contributed by atoms with Crippen molar-refractivity contribution in [2.24, 2.45) is 11.8 Å². The van der Waals surface area contributed by atoms with Gasteiger partial charge in [-0.15, -0.1) is 13.2 Å². The van der Waals surface area contributed by atoms with Crippen LogP contribution in [0.4, 0.5) is 0 Å². The number of rotatable bonds is 22. The van der Waals surface area contributed by atoms with E-state index in [4.69, 9.17) is 0 Å². The van der Waals surface area contributed by atoms with Crippen LogP contribution in [-0.2, 0) is 4.79 Å². The molecule has 0 amide bonds. The predicted molar refractivity (Wildman–Crippen MR) is 125 cm³/mol. The summed E-state index contributed by atoms with van der Waals surface area (Å²) in [7, 11) is 0. The van der Waals surface area contributed by atoms with Gasteiger partial charge in [-0.2, -0.15) is 0 Å². The second-order valence-corrected chi connectivity index (χ2v) is 9.00. The topological polar surface area (TPSA) is 43.4 Å². The first-order valence-corrected chi connectivity index (χ1v) is 12.1. The molecular weight excluding hydrogens is 365 g/mol. The van der Waals surface area contributed by atoms with E-state index in [2.05, 4.69) is 31.9 Å². The maximum atomic E-state index is 11.1. The van der Waals surface area contributed by atoms with Crippen molar-refractivity contribution in [1.82, 2.24) is 4.90 Å². The number of hydrogen-bond acceptors (Lipinski definition) is 3. The minimum absolute atomic E-state index is 0. The Morgan fingerprint density at radius 3 is 1.53 bits per heavy atom. The van der Waals surface area contributed by atoms with Crippen molar-refractivity contribution < 1.29 is 28.8 Å². The summed E-state index contributed by atoms with van der Waals surface area (Å²) in [6.07, 6.45) is 21.2. The molecule has 0 N–H and O–H groups in total. The normalized spacial score (nSPS) is 12.9. The Morgan fingerprint density at radius 1 is 0.767 bits per heavy atom. The smallest absolute Gasteiger partial charge is 0.549 e. The zero-order valence-corrected chi connectivity index (χ0v) is 20.5. The predicted octanol–water partition coefficient (Wildman–Crippen LogP) is 3.15. The summed E-state index contributed by atoms with van der Waals surface area (Å²) in [5, 5.41) is 11.1. The summed E-state index contributed by atoms with van der Waals surface area (Å²) in [5.74, 6) is 0.369. The van der Waals surface area contributed by atoms with Crippen molar-refractivity contribution in [3.63, 3.8) is 0 Å². The molecule has 0 saturated heterocycles. The van der Waals surface area contributed by atoms with E-state index in [1.807, 2.05) is 12.2 Å². The van der Waals surface area contributed by atoms with E-state index in [1.54, 1.807) is 0 Å². The fraction of sp³-hybridized carbons (Fsp3) is 0.808. The average molecular weight is 414 g/mol. The SMILES string of the molecule is C=CCCCCCCC(C)CCN(CCC(C)CCCCCCC=C)CC(=O)[O-].[Li+]. The summed E-state index contributed by atoms with van der Waals surface area (Å²) in [6.45, 7) is 14.0. The molecule has 0 aliphatic carbocycles. The van der Waals surface area contributed by atoms with Crippen LogP contribution < -0.4 is 24.0 Å². The molecule has 2 unspecified atom stereocenters. The molecule has 0 rings (SSSR count). The summed E-state index contributed by atoms with van der Waals surface area (Å²) >= 11 is 0. The van der Waals surface area contributed by atoms with Crippen LogP contribution in [0.1, 0.15) is 104 Å². The number of allylic oxidation sites excluding steroid dienone is 2. The number of unbranched alkanes of at least 4 members (excludes halogenated alkanes) is 8. The number of nitrogens with zero attached hydrogens (tertiary/aromatic N) is 1. The number of carboxylic acid groups (broad SMARTS) is 1. The van der Waals surface area contributed by atoms with E-state index in [-0.39, 0.29) is 25.4 Å². The molecule has 2 atom stereocenters. The largest absolute Gasteiger partial charge is 1.00 e. The van der Waals surface area contributed by atoms with Gasteiger partial charge in [0.05, 0.1) is 5.97 Å². The van der Waals surface area contributed by atoms with Crippen molar-refractivity contribution in [1.29, 1.82) is 0 Å². The molecule has 0 heterocycles. The summed E-state index contributed by atoms with van der Waals surface area (Å²) in [4.78, 5) is 13.2. The third-order valence-corrected chi connectivity index (χ3v) is 5.94. The first-order valence-electron chi connectivity index (χ1n) is 12.1. The Morgan fingerprint density at radius 2 is 1.17 bits per heavy atom. The number of hydrogen-bond donors (Lipinski definition) is 0. The summed E-state index contributed by atoms with van der Waals surface area (Å²) in [6, 6.07) is 0. The van der Waals surface area contributed by atoms with Crippen LogP contribution in [0.15, 0.2) is 25.3 Å². The van der Waals surface area contributed by atoms with E-state index in [0.29, 0.717) is 11.8 Å². The molecule has 0 aromatic carbocycles. The second-order valence-electron chi connectivity index (χ2n) is 9.00. The molecule has 0 aromatic heterocycles. The van der Waals surface area contributed by atoms with E-state index in [1.165, 1.54) is 64.2 Å². The van der Waals surface area contributed by atoms with Crippen molar-refractivity contribution in [2.45, 2.75) is 104 Å². The van der Waals surface area contributed by atoms with Crippen LogP contribution in [0.3, 0.4) is 0 Å². The first kappa shape index (κ1) is 31.7. The monoisotopic (exact) mass is 413 g/mol. The van der Waals surface area contributed by atoms with Crippen molar-refractivity contribution >= 4 is 5.97 Å². The molecule has 0 spiro atoms. The standard InChI is InChI=1S/C26H49NO2.Li/c1-5-7-9-11-13-15-17-24(3)19-21-27(23-26(28)29)22-20-25(4)18-16-14-12-10-8-6-2;/h5-6,24-25H,1-2,7-23H2,3-4H3,(H,28,29);/q;+1/p-1. The van der Waals surface area contributed by atoms with Crippen molar-refractivity contribution in [3.8, 4) is 0 Å². The van der Waals surface area contributed by atoms with E-state index >= 15 is 0 Å². The van der Waals surface area contributed by atoms with Gasteiger partial charge in [-0.25, -0.2) is 0 Å².